The van der Waals surface area contributed by atoms with Gasteiger partial charge in [0.05, 0.1) is 6.61 Å². The summed E-state index contributed by atoms with van der Waals surface area (Å²) < 4.78 is 28.5. The minimum Gasteiger partial charge on any atom is -0.388 e. The Morgan fingerprint density at radius 1 is 1.06 bits per heavy atom. The number of aliphatic hydroxyl groups is 3. The van der Waals surface area contributed by atoms with Gasteiger partial charge in [-0.25, -0.2) is 0 Å². The molecule has 18 heavy (non-hydrogen) atoms. The van der Waals surface area contributed by atoms with Crippen LogP contribution in [-0.4, -0.2) is 62.4 Å². The van der Waals surface area contributed by atoms with E-state index in [-0.39, 0.29) is 0 Å². The average molecular weight is 308 g/mol. The molecule has 0 heterocycles. The van der Waals surface area contributed by atoms with Gasteiger partial charge in [-0.2, -0.15) is 0 Å². The van der Waals surface area contributed by atoms with Crippen molar-refractivity contribution in [3.8, 4) is 0 Å². The number of aliphatic hydroxyl groups excluding tert-OH is 3. The molecule has 0 aromatic heterocycles. The van der Waals surface area contributed by atoms with Gasteiger partial charge in [-0.1, -0.05) is 0 Å². The minimum absolute atomic E-state index is 0.767. The van der Waals surface area contributed by atoms with Crippen LogP contribution in [0.5, 0.6) is 0 Å². The highest BCUT2D eigenvalue weighted by atomic mass is 31.1. The van der Waals surface area contributed by atoms with Gasteiger partial charge in [0.2, 0.25) is 0 Å². The lowest BCUT2D eigenvalue weighted by Gasteiger charge is -2.21. The van der Waals surface area contributed by atoms with E-state index in [1.54, 1.807) is 0 Å². The zero-order valence-electron chi connectivity index (χ0n) is 8.92. The lowest BCUT2D eigenvalue weighted by molar-refractivity contribution is -0.141. The van der Waals surface area contributed by atoms with E-state index in [0.29, 0.717) is 0 Å². The smallest absolute Gasteiger partial charge is 0.317 e. The quantitative estimate of drug-likeness (QED) is 0.285. The van der Waals surface area contributed by atoms with Gasteiger partial charge in [-0.15, -0.1) is 0 Å². The monoisotopic (exact) mass is 308 g/mol. The van der Waals surface area contributed by atoms with Crippen molar-refractivity contribution in [1.82, 2.24) is 0 Å². The van der Waals surface area contributed by atoms with Crippen molar-refractivity contribution < 1.29 is 48.1 Å². The summed E-state index contributed by atoms with van der Waals surface area (Å²) in [5.41, 5.74) is 0. The van der Waals surface area contributed by atoms with Crippen molar-refractivity contribution >= 4 is 22.3 Å². The lowest BCUT2D eigenvalue weighted by Crippen LogP contribution is -2.45. The van der Waals surface area contributed by atoms with Gasteiger partial charge in [-0.05, 0) is 0 Å². The maximum absolute atomic E-state index is 11.1. The third-order valence-corrected chi connectivity index (χ3v) is 2.57. The summed E-state index contributed by atoms with van der Waals surface area (Å²) in [6, 6.07) is 0. The number of Topliss-reactive ketones (excluding diaryl/α,β-unsaturated/α-hetero) is 1. The normalized spacial score (nSPS) is 19.8. The maximum Gasteiger partial charge on any atom is 0.317 e. The Balaban J connectivity index is 4.21. The van der Waals surface area contributed by atoms with Crippen LogP contribution >= 0.6 is 16.5 Å². The number of rotatable bonds is 9. The molecule has 0 radical (unpaired) electrons. The third kappa shape index (κ3) is 7.32. The summed E-state index contributed by atoms with van der Waals surface area (Å²) >= 11 is 0. The van der Waals surface area contributed by atoms with Crippen LogP contribution in [0.2, 0.25) is 0 Å². The minimum atomic E-state index is -3.35. The van der Waals surface area contributed by atoms with Crippen molar-refractivity contribution in [2.45, 2.75) is 18.3 Å². The molecule has 12 heteroatoms. The molecule has 2 unspecified atom stereocenters. The second kappa shape index (κ2) is 8.87. The molecule has 0 aliphatic carbocycles. The van der Waals surface area contributed by atoms with Crippen molar-refractivity contribution in [3.05, 3.63) is 0 Å². The molecule has 0 aliphatic rings. The highest BCUT2D eigenvalue weighted by Gasteiger charge is 2.30. The number of carbonyl (C=O) groups is 1. The highest BCUT2D eigenvalue weighted by Crippen LogP contribution is 2.17. The van der Waals surface area contributed by atoms with Gasteiger partial charge in [0.15, 0.2) is 5.78 Å². The molecule has 5 N–H and O–H groups in total. The molecule has 0 spiro atoms. The van der Waals surface area contributed by atoms with Crippen LogP contribution in [0.15, 0.2) is 0 Å². The van der Waals surface area contributed by atoms with E-state index in [1.807, 2.05) is 0 Å². The lowest BCUT2D eigenvalue weighted by atomic mass is 10.1. The molecule has 0 aromatic carbocycles. The summed E-state index contributed by atoms with van der Waals surface area (Å²) in [5, 5.41) is 27.7. The van der Waals surface area contributed by atoms with Gasteiger partial charge in [0, 0.05) is 0 Å². The molecular weight excluding hydrogens is 294 g/mol. The average Bonchev–Trinajstić information content (AvgIpc) is 2.30. The van der Waals surface area contributed by atoms with E-state index in [4.69, 9.17) is 9.79 Å². The Bertz CT molecular complexity index is 319. The van der Waals surface area contributed by atoms with Crippen LogP contribution in [-0.2, 0) is 23.0 Å². The molecule has 108 valence electrons. The molecule has 5 atom stereocenters. The summed E-state index contributed by atoms with van der Waals surface area (Å²) in [7, 11) is -6.66. The Hall–Kier alpha value is -0.150. The first kappa shape index (κ1) is 17.8. The van der Waals surface area contributed by atoms with E-state index < -0.39 is 53.8 Å². The first-order valence-corrected chi connectivity index (χ1v) is 7.06. The topological polar surface area (TPSA) is 171 Å². The molecule has 0 fully saturated rings. The van der Waals surface area contributed by atoms with Crippen molar-refractivity contribution in [2.24, 2.45) is 0 Å². The summed E-state index contributed by atoms with van der Waals surface area (Å²) in [4.78, 5) is 27.7. The number of hydrogen-bond acceptors (Lipinski definition) is 8. The SMILES string of the molecule is O=C(CO[PH](=O)O)[C@@H](O)[C@H](O)[C@H](O)CO[PH](=O)O. The van der Waals surface area contributed by atoms with Crippen LogP contribution < -0.4 is 0 Å². The van der Waals surface area contributed by atoms with Gasteiger partial charge in [0.25, 0.3) is 0 Å². The standard InChI is InChI=1S/C6H14O10P2/c7-3(1-15-17(11)12)5(9)6(10)4(8)2-16-18(13)14/h3,5-7,9-10,17-18H,1-2H2,(H,11,12)(H,13,14)/t3-,5-,6-/m1/s1. The molecule has 0 saturated heterocycles. The largest absolute Gasteiger partial charge is 0.388 e. The van der Waals surface area contributed by atoms with Gasteiger partial charge in [0.1, 0.15) is 24.9 Å². The van der Waals surface area contributed by atoms with Crippen LogP contribution in [0, 0.1) is 0 Å². The second-order valence-corrected chi connectivity index (χ2v) is 4.74. The molecule has 0 aromatic rings. The van der Waals surface area contributed by atoms with E-state index in [1.165, 1.54) is 0 Å². The second-order valence-electron chi connectivity index (χ2n) is 3.10. The summed E-state index contributed by atoms with van der Waals surface area (Å²) in [6.45, 7) is -1.69. The van der Waals surface area contributed by atoms with Crippen LogP contribution in [0.3, 0.4) is 0 Å². The fourth-order valence-corrected chi connectivity index (χ4v) is 1.45. The molecule has 0 bridgehead atoms. The number of carbonyl (C=O) groups excluding carboxylic acids is 1. The molecule has 10 nitrogen and oxygen atoms in total. The molecule has 0 amide bonds. The van der Waals surface area contributed by atoms with Gasteiger partial charge < -0.3 is 34.2 Å². The number of hydrogen-bond donors (Lipinski definition) is 5. The first-order chi connectivity index (χ1) is 8.25. The first-order valence-electron chi connectivity index (χ1n) is 4.54. The van der Waals surface area contributed by atoms with E-state index in [2.05, 4.69) is 9.05 Å². The fraction of sp³-hybridized carbons (Fsp3) is 0.833. The zero-order chi connectivity index (χ0) is 14.3. The van der Waals surface area contributed by atoms with Crippen molar-refractivity contribution in [3.63, 3.8) is 0 Å². The molecule has 0 rings (SSSR count). The number of ketones is 1. The van der Waals surface area contributed by atoms with Gasteiger partial charge in [-0.3, -0.25) is 13.9 Å². The molecular formula is C6H14O10P2. The van der Waals surface area contributed by atoms with Crippen LogP contribution in [0.4, 0.5) is 0 Å². The van der Waals surface area contributed by atoms with E-state index in [9.17, 15) is 29.2 Å². The zero-order valence-corrected chi connectivity index (χ0v) is 10.9. The summed E-state index contributed by atoms with van der Waals surface area (Å²) in [5.74, 6) is -1.13. The Morgan fingerprint density at radius 2 is 1.56 bits per heavy atom. The van der Waals surface area contributed by atoms with Crippen molar-refractivity contribution in [1.29, 1.82) is 0 Å². The predicted molar refractivity (Wildman–Crippen MR) is 57.4 cm³/mol. The van der Waals surface area contributed by atoms with Crippen molar-refractivity contribution in [2.75, 3.05) is 13.2 Å². The Kier molecular flexibility index (Phi) is 8.79. The Morgan fingerprint density at radius 3 is 2.00 bits per heavy atom. The van der Waals surface area contributed by atoms with Crippen LogP contribution in [0.1, 0.15) is 0 Å². The van der Waals surface area contributed by atoms with E-state index in [0.717, 1.165) is 0 Å². The maximum atomic E-state index is 11.1. The summed E-state index contributed by atoms with van der Waals surface area (Å²) in [6.07, 6.45) is -5.84. The van der Waals surface area contributed by atoms with Crippen LogP contribution in [0.25, 0.3) is 0 Å². The molecule has 0 saturated carbocycles. The van der Waals surface area contributed by atoms with E-state index >= 15 is 0 Å². The highest BCUT2D eigenvalue weighted by molar-refractivity contribution is 7.32. The van der Waals surface area contributed by atoms with Gasteiger partial charge >= 0.3 is 16.5 Å². The third-order valence-electron chi connectivity index (χ3n) is 1.76. The Labute approximate surface area is 103 Å². The predicted octanol–water partition coefficient (Wildman–Crippen LogP) is -2.56. The fourth-order valence-electron chi connectivity index (χ4n) is 0.874. The molecule has 0 aliphatic heterocycles.